The Balaban J connectivity index is 1.70. The predicted molar refractivity (Wildman–Crippen MR) is 71.1 cm³/mol. The Kier molecular flexibility index (Phi) is 4.72. The molecule has 3 heteroatoms. The zero-order chi connectivity index (χ0) is 12.3. The molecule has 0 aromatic rings. The smallest absolute Gasteiger partial charge is 0.223 e. The molecule has 0 aromatic carbocycles. The summed E-state index contributed by atoms with van der Waals surface area (Å²) in [5.74, 6) is 1.85. The van der Waals surface area contributed by atoms with Crippen LogP contribution in [0.5, 0.6) is 0 Å². The van der Waals surface area contributed by atoms with Gasteiger partial charge in [-0.15, -0.1) is 11.6 Å². The monoisotopic (exact) mass is 257 g/mol. The molecule has 2 atom stereocenters. The topological polar surface area (TPSA) is 29.1 Å². The van der Waals surface area contributed by atoms with Gasteiger partial charge in [0, 0.05) is 17.8 Å². The number of amides is 1. The fourth-order valence-electron chi connectivity index (χ4n) is 3.12. The summed E-state index contributed by atoms with van der Waals surface area (Å²) in [5, 5.41) is 3.40. The van der Waals surface area contributed by atoms with Crippen LogP contribution in [0.25, 0.3) is 0 Å². The molecule has 2 aliphatic carbocycles. The van der Waals surface area contributed by atoms with Crippen molar-refractivity contribution in [1.29, 1.82) is 0 Å². The van der Waals surface area contributed by atoms with Gasteiger partial charge in [0.2, 0.25) is 5.91 Å². The first-order chi connectivity index (χ1) is 8.16. The average Bonchev–Trinajstić information content (AvgIpc) is 2.73. The molecular weight excluding hydrogens is 234 g/mol. The third kappa shape index (κ3) is 3.61. The fourth-order valence-corrected chi connectivity index (χ4v) is 3.49. The predicted octanol–water partition coefficient (Wildman–Crippen LogP) is 3.34. The van der Waals surface area contributed by atoms with E-state index >= 15 is 0 Å². The van der Waals surface area contributed by atoms with E-state index in [0.717, 1.165) is 31.7 Å². The minimum atomic E-state index is 0.265. The molecule has 17 heavy (non-hydrogen) atoms. The molecule has 2 saturated carbocycles. The van der Waals surface area contributed by atoms with Crippen LogP contribution in [0, 0.1) is 17.8 Å². The van der Waals surface area contributed by atoms with Crippen LogP contribution in [0.3, 0.4) is 0 Å². The van der Waals surface area contributed by atoms with Crippen LogP contribution >= 0.6 is 11.6 Å². The number of hydrogen-bond donors (Lipinski definition) is 1. The molecule has 0 saturated heterocycles. The van der Waals surface area contributed by atoms with E-state index in [0.29, 0.717) is 5.92 Å². The van der Waals surface area contributed by atoms with E-state index in [2.05, 4.69) is 12.2 Å². The van der Waals surface area contributed by atoms with Gasteiger partial charge in [-0.3, -0.25) is 4.79 Å². The lowest BCUT2D eigenvalue weighted by Crippen LogP contribution is -2.36. The normalized spacial score (nSPS) is 38.0. The maximum absolute atomic E-state index is 12.0. The lowest BCUT2D eigenvalue weighted by molar-refractivity contribution is -0.126. The molecule has 0 heterocycles. The van der Waals surface area contributed by atoms with Crippen LogP contribution in [0.1, 0.15) is 51.9 Å². The Hall–Kier alpha value is -0.240. The number of alkyl halides is 1. The van der Waals surface area contributed by atoms with Crippen molar-refractivity contribution in [2.45, 2.75) is 57.2 Å². The van der Waals surface area contributed by atoms with Crippen molar-refractivity contribution < 1.29 is 4.79 Å². The van der Waals surface area contributed by atoms with E-state index in [-0.39, 0.29) is 17.2 Å². The third-order valence-corrected chi connectivity index (χ3v) is 5.07. The third-order valence-electron chi connectivity index (χ3n) is 4.49. The Morgan fingerprint density at radius 2 is 1.88 bits per heavy atom. The maximum Gasteiger partial charge on any atom is 0.223 e. The second-order valence-electron chi connectivity index (χ2n) is 5.91. The van der Waals surface area contributed by atoms with Gasteiger partial charge in [-0.1, -0.05) is 13.3 Å². The first-order valence-corrected chi connectivity index (χ1v) is 7.52. The first kappa shape index (κ1) is 13.2. The first-order valence-electron chi connectivity index (χ1n) is 7.08. The summed E-state index contributed by atoms with van der Waals surface area (Å²) in [4.78, 5) is 12.0. The Morgan fingerprint density at radius 3 is 2.47 bits per heavy atom. The average molecular weight is 258 g/mol. The van der Waals surface area contributed by atoms with Crippen LogP contribution in [0.2, 0.25) is 0 Å². The second kappa shape index (κ2) is 6.08. The van der Waals surface area contributed by atoms with Gasteiger partial charge in [0.25, 0.3) is 0 Å². The number of carbonyl (C=O) groups excluding carboxylic acids is 1. The molecule has 0 aliphatic heterocycles. The van der Waals surface area contributed by atoms with E-state index in [1.54, 1.807) is 0 Å². The van der Waals surface area contributed by atoms with Crippen LogP contribution in [-0.2, 0) is 4.79 Å². The molecule has 98 valence electrons. The SMILES string of the molecule is CC1CCC(C(=O)NCC2CCCC2Cl)CC1. The van der Waals surface area contributed by atoms with Gasteiger partial charge >= 0.3 is 0 Å². The van der Waals surface area contributed by atoms with Gasteiger partial charge in [-0.25, -0.2) is 0 Å². The standard InChI is InChI=1S/C14H24ClNO/c1-10-5-7-11(8-6-10)14(17)16-9-12-3-2-4-13(12)15/h10-13H,2-9H2,1H3,(H,16,17). The summed E-state index contributed by atoms with van der Waals surface area (Å²) in [6.45, 7) is 3.07. The molecule has 1 N–H and O–H groups in total. The van der Waals surface area contributed by atoms with Crippen LogP contribution in [0.15, 0.2) is 0 Å². The summed E-state index contributed by atoms with van der Waals surface area (Å²) in [6.07, 6.45) is 8.07. The highest BCUT2D eigenvalue weighted by molar-refractivity contribution is 6.20. The summed E-state index contributed by atoms with van der Waals surface area (Å²) < 4.78 is 0. The quantitative estimate of drug-likeness (QED) is 0.772. The second-order valence-corrected chi connectivity index (χ2v) is 6.47. The van der Waals surface area contributed by atoms with Crippen molar-refractivity contribution in [2.24, 2.45) is 17.8 Å². The number of hydrogen-bond acceptors (Lipinski definition) is 1. The number of nitrogens with one attached hydrogen (secondary N) is 1. The van der Waals surface area contributed by atoms with Crippen molar-refractivity contribution >= 4 is 17.5 Å². The van der Waals surface area contributed by atoms with E-state index in [9.17, 15) is 4.79 Å². The van der Waals surface area contributed by atoms with Crippen molar-refractivity contribution in [3.8, 4) is 0 Å². The highest BCUT2D eigenvalue weighted by atomic mass is 35.5. The van der Waals surface area contributed by atoms with E-state index < -0.39 is 0 Å². The van der Waals surface area contributed by atoms with Gasteiger partial charge < -0.3 is 5.32 Å². The number of rotatable bonds is 3. The molecule has 2 nitrogen and oxygen atoms in total. The number of halogens is 1. The molecule has 0 spiro atoms. The lowest BCUT2D eigenvalue weighted by atomic mass is 9.82. The molecule has 2 rings (SSSR count). The van der Waals surface area contributed by atoms with E-state index in [4.69, 9.17) is 11.6 Å². The van der Waals surface area contributed by atoms with Gasteiger partial charge in [0.05, 0.1) is 0 Å². The van der Waals surface area contributed by atoms with Crippen molar-refractivity contribution in [2.75, 3.05) is 6.54 Å². The van der Waals surface area contributed by atoms with Crippen molar-refractivity contribution in [1.82, 2.24) is 5.32 Å². The van der Waals surface area contributed by atoms with E-state index in [1.165, 1.54) is 25.7 Å². The van der Waals surface area contributed by atoms with Crippen LogP contribution in [-0.4, -0.2) is 17.8 Å². The molecule has 0 aromatic heterocycles. The van der Waals surface area contributed by atoms with E-state index in [1.807, 2.05) is 0 Å². The van der Waals surface area contributed by atoms with Crippen molar-refractivity contribution in [3.05, 3.63) is 0 Å². The van der Waals surface area contributed by atoms with Crippen LogP contribution < -0.4 is 5.32 Å². The zero-order valence-corrected chi connectivity index (χ0v) is 11.5. The summed E-state index contributed by atoms with van der Waals surface area (Å²) in [5.41, 5.74) is 0. The minimum Gasteiger partial charge on any atom is -0.356 e. The Bertz CT molecular complexity index is 261. The fraction of sp³-hybridized carbons (Fsp3) is 0.929. The van der Waals surface area contributed by atoms with Gasteiger partial charge in [-0.2, -0.15) is 0 Å². The molecule has 2 aliphatic rings. The zero-order valence-electron chi connectivity index (χ0n) is 10.8. The lowest BCUT2D eigenvalue weighted by Gasteiger charge is -2.26. The van der Waals surface area contributed by atoms with Gasteiger partial charge in [-0.05, 0) is 50.4 Å². The Labute approximate surface area is 109 Å². The highest BCUT2D eigenvalue weighted by Gasteiger charge is 2.28. The van der Waals surface area contributed by atoms with Gasteiger partial charge in [0.15, 0.2) is 0 Å². The Morgan fingerprint density at radius 1 is 1.18 bits per heavy atom. The minimum absolute atomic E-state index is 0.265. The van der Waals surface area contributed by atoms with Crippen LogP contribution in [0.4, 0.5) is 0 Å². The molecule has 0 bridgehead atoms. The molecular formula is C14H24ClNO. The number of carbonyl (C=O) groups is 1. The maximum atomic E-state index is 12.0. The van der Waals surface area contributed by atoms with Crippen molar-refractivity contribution in [3.63, 3.8) is 0 Å². The van der Waals surface area contributed by atoms with Gasteiger partial charge in [0.1, 0.15) is 0 Å². The molecule has 1 amide bonds. The summed E-state index contributed by atoms with van der Waals surface area (Å²) in [7, 11) is 0. The highest BCUT2D eigenvalue weighted by Crippen LogP contribution is 2.30. The molecule has 0 radical (unpaired) electrons. The molecule has 2 unspecified atom stereocenters. The molecule has 2 fully saturated rings. The summed E-state index contributed by atoms with van der Waals surface area (Å²) in [6, 6.07) is 0. The summed E-state index contributed by atoms with van der Waals surface area (Å²) >= 11 is 6.22. The largest absolute Gasteiger partial charge is 0.356 e.